The Balaban J connectivity index is 4.48. The first-order valence-electron chi connectivity index (χ1n) is 10.7. The molecule has 0 aromatic rings. The molecule has 0 heterocycles. The molecule has 0 fully saturated rings. The molecule has 0 unspecified atom stereocenters. The third kappa shape index (κ3) is 15.1. The fourth-order valence-electron chi connectivity index (χ4n) is 3.09. The van der Waals surface area contributed by atoms with Crippen LogP contribution >= 0.6 is 0 Å². The van der Waals surface area contributed by atoms with Crippen LogP contribution in [0.4, 0.5) is 0 Å². The van der Waals surface area contributed by atoms with E-state index in [9.17, 15) is 9.59 Å². The molecule has 0 saturated carbocycles. The third-order valence-corrected chi connectivity index (χ3v) is 13.6. The van der Waals surface area contributed by atoms with Crippen LogP contribution in [0.15, 0.2) is 12.2 Å². The molecule has 10 heteroatoms. The molecule has 0 atom stereocenters. The molecule has 7 nitrogen and oxygen atoms in total. The highest BCUT2D eigenvalue weighted by molar-refractivity contribution is 6.87. The fourth-order valence-corrected chi connectivity index (χ4v) is 15.6. The van der Waals surface area contributed by atoms with Gasteiger partial charge in [0.25, 0.3) is 5.91 Å². The summed E-state index contributed by atoms with van der Waals surface area (Å²) >= 11 is 0. The number of quaternary nitrogens is 1. The number of ether oxygens (including phenoxy) is 1. The molecule has 0 aromatic heterocycles. The van der Waals surface area contributed by atoms with Crippen molar-refractivity contribution in [2.75, 3.05) is 40.3 Å². The first kappa shape index (κ1) is 29.2. The van der Waals surface area contributed by atoms with Crippen LogP contribution in [0.2, 0.25) is 51.9 Å². The van der Waals surface area contributed by atoms with Gasteiger partial charge >= 0.3 is 14.5 Å². The second-order valence-electron chi connectivity index (χ2n) is 10.7. The Morgan fingerprint density at radius 1 is 0.967 bits per heavy atom. The van der Waals surface area contributed by atoms with Gasteiger partial charge in [0.15, 0.2) is 23.2 Å². The zero-order valence-corrected chi connectivity index (χ0v) is 23.9. The number of esters is 1. The van der Waals surface area contributed by atoms with Gasteiger partial charge in [0.2, 0.25) is 0 Å². The first-order valence-corrected chi connectivity index (χ1v) is 20.0. The maximum absolute atomic E-state index is 12.4. The number of nitrogens with zero attached hydrogens (tertiary/aromatic N) is 1. The van der Waals surface area contributed by atoms with E-state index in [1.807, 2.05) is 14.1 Å². The van der Waals surface area contributed by atoms with Crippen molar-refractivity contribution < 1.29 is 27.0 Å². The summed E-state index contributed by atoms with van der Waals surface area (Å²) in [6.07, 6.45) is 0.840. The van der Waals surface area contributed by atoms with Gasteiger partial charge in [0.1, 0.15) is 13.2 Å². The second kappa shape index (κ2) is 11.7. The number of amides is 1. The summed E-state index contributed by atoms with van der Waals surface area (Å²) in [5, 5.41) is 3.01. The molecule has 0 aromatic carbocycles. The Hall–Kier alpha value is -0.789. The molecule has 0 spiro atoms. The summed E-state index contributed by atoms with van der Waals surface area (Å²) < 4.78 is 18.6. The summed E-state index contributed by atoms with van der Waals surface area (Å²) in [5.41, 5.74) is 0.379. The second-order valence-corrected chi connectivity index (χ2v) is 23.6. The predicted molar refractivity (Wildman–Crippen MR) is 131 cm³/mol. The molecule has 0 aliphatic carbocycles. The van der Waals surface area contributed by atoms with Gasteiger partial charge in [-0.25, -0.2) is 4.79 Å². The van der Waals surface area contributed by atoms with Gasteiger partial charge in [-0.3, -0.25) is 4.79 Å². The highest BCUT2D eigenvalue weighted by Crippen LogP contribution is 2.25. The molecule has 1 amide bonds. The molecule has 0 aliphatic rings. The smallest absolute Gasteiger partial charge is 0.333 e. The average molecular weight is 478 g/mol. The Morgan fingerprint density at radius 3 is 1.90 bits per heavy atom. The van der Waals surface area contributed by atoms with Crippen LogP contribution in [0, 0.1) is 0 Å². The molecule has 30 heavy (non-hydrogen) atoms. The van der Waals surface area contributed by atoms with Gasteiger partial charge < -0.3 is 22.8 Å². The Labute approximate surface area is 187 Å². The van der Waals surface area contributed by atoms with Gasteiger partial charge in [-0.1, -0.05) is 6.58 Å². The van der Waals surface area contributed by atoms with Gasteiger partial charge in [-0.05, 0) is 65.2 Å². The lowest BCUT2D eigenvalue weighted by Gasteiger charge is -2.38. The molecule has 0 aliphatic heterocycles. The highest BCUT2D eigenvalue weighted by atomic mass is 28.5. The minimum Gasteiger partial charge on any atom is -0.456 e. The van der Waals surface area contributed by atoms with E-state index in [1.54, 1.807) is 6.92 Å². The lowest BCUT2D eigenvalue weighted by Crippen LogP contribution is -2.53. The van der Waals surface area contributed by atoms with Crippen molar-refractivity contribution in [1.82, 2.24) is 5.32 Å². The van der Waals surface area contributed by atoms with E-state index in [0.717, 1.165) is 12.5 Å². The van der Waals surface area contributed by atoms with E-state index in [2.05, 4.69) is 57.7 Å². The summed E-state index contributed by atoms with van der Waals surface area (Å²) in [6, 6.07) is 0.872. The summed E-state index contributed by atoms with van der Waals surface area (Å²) in [4.78, 5) is 23.8. The number of rotatable bonds is 14. The quantitative estimate of drug-likeness (QED) is 0.136. The van der Waals surface area contributed by atoms with E-state index < -0.39 is 31.2 Å². The standard InChI is InChI=1S/C20H44N2O5Si3/c1-18(2)20(24)25-15-14-22(3,4)17-19(23)21-13-12-16-30(11,26-28(5,6)7)27-29(8,9)10/h1,12-17H2,2-11H3/p+1. The van der Waals surface area contributed by atoms with Crippen molar-refractivity contribution in [3.8, 4) is 0 Å². The van der Waals surface area contributed by atoms with Crippen molar-refractivity contribution in [2.24, 2.45) is 0 Å². The number of hydrogen-bond acceptors (Lipinski definition) is 5. The molecule has 0 bridgehead atoms. The fraction of sp³-hybridized carbons (Fsp3) is 0.800. The Kier molecular flexibility index (Phi) is 11.4. The van der Waals surface area contributed by atoms with Crippen molar-refractivity contribution in [1.29, 1.82) is 0 Å². The van der Waals surface area contributed by atoms with Crippen LogP contribution in [-0.4, -0.2) is 81.9 Å². The van der Waals surface area contributed by atoms with Gasteiger partial charge in [-0.2, -0.15) is 0 Å². The molecule has 1 N–H and O–H groups in total. The number of hydrogen-bond donors (Lipinski definition) is 1. The minimum absolute atomic E-state index is 0.00757. The Morgan fingerprint density at radius 2 is 1.47 bits per heavy atom. The van der Waals surface area contributed by atoms with Gasteiger partial charge in [0.05, 0.1) is 14.1 Å². The predicted octanol–water partition coefficient (Wildman–Crippen LogP) is 3.46. The summed E-state index contributed by atoms with van der Waals surface area (Å²) in [6.45, 7) is 22.3. The monoisotopic (exact) mass is 477 g/mol. The lowest BCUT2D eigenvalue weighted by atomic mass is 10.3. The molecule has 176 valence electrons. The van der Waals surface area contributed by atoms with Gasteiger partial charge in [-0.15, -0.1) is 0 Å². The SMILES string of the molecule is C=C(C)C(=O)OCC[N+](C)(C)CC(=O)NCCC[Si](C)(O[Si](C)(C)C)O[Si](C)(C)C. The maximum atomic E-state index is 12.4. The molecule has 0 rings (SSSR count). The van der Waals surface area contributed by atoms with E-state index in [4.69, 9.17) is 13.0 Å². The van der Waals surface area contributed by atoms with Crippen molar-refractivity contribution >= 4 is 37.1 Å². The first-order chi connectivity index (χ1) is 13.3. The van der Waals surface area contributed by atoms with Crippen LogP contribution in [-0.2, 0) is 22.6 Å². The number of carbonyl (C=O) groups is 2. The average Bonchev–Trinajstić information content (AvgIpc) is 2.46. The Bertz CT molecular complexity index is 582. The largest absolute Gasteiger partial charge is 0.456 e. The zero-order valence-electron chi connectivity index (χ0n) is 20.9. The number of nitrogens with one attached hydrogen (secondary N) is 1. The summed E-state index contributed by atoms with van der Waals surface area (Å²) in [5.74, 6) is -0.403. The van der Waals surface area contributed by atoms with E-state index >= 15 is 0 Å². The number of likely N-dealkylation sites (N-methyl/N-ethyl adjacent to an activating group) is 1. The normalized spacial score (nSPS) is 13.1. The van der Waals surface area contributed by atoms with E-state index in [0.29, 0.717) is 29.7 Å². The maximum Gasteiger partial charge on any atom is 0.333 e. The van der Waals surface area contributed by atoms with Crippen molar-refractivity contribution in [2.45, 2.75) is 65.2 Å². The molecular weight excluding hydrogens is 432 g/mol. The van der Waals surface area contributed by atoms with Crippen LogP contribution in [0.1, 0.15) is 13.3 Å². The minimum atomic E-state index is -2.26. The van der Waals surface area contributed by atoms with Gasteiger partial charge in [0, 0.05) is 12.1 Å². The van der Waals surface area contributed by atoms with Crippen molar-refractivity contribution in [3.05, 3.63) is 12.2 Å². The van der Waals surface area contributed by atoms with Crippen molar-refractivity contribution in [3.63, 3.8) is 0 Å². The summed E-state index contributed by atoms with van der Waals surface area (Å²) in [7, 11) is -1.78. The van der Waals surface area contributed by atoms with E-state index in [-0.39, 0.29) is 12.5 Å². The number of carbonyl (C=O) groups excluding carboxylic acids is 2. The van der Waals surface area contributed by atoms with Crippen LogP contribution in [0.5, 0.6) is 0 Å². The topological polar surface area (TPSA) is 73.9 Å². The zero-order chi connectivity index (χ0) is 23.8. The highest BCUT2D eigenvalue weighted by Gasteiger charge is 2.39. The third-order valence-electron chi connectivity index (χ3n) is 4.02. The van der Waals surface area contributed by atoms with Crippen LogP contribution in [0.3, 0.4) is 0 Å². The molecule has 0 saturated heterocycles. The van der Waals surface area contributed by atoms with Crippen LogP contribution in [0.25, 0.3) is 0 Å². The van der Waals surface area contributed by atoms with E-state index in [1.165, 1.54) is 0 Å². The molecular formula is C20H45N2O5Si3+. The van der Waals surface area contributed by atoms with Crippen LogP contribution < -0.4 is 5.32 Å². The lowest BCUT2D eigenvalue weighted by molar-refractivity contribution is -0.882. The molecule has 0 radical (unpaired) electrons.